The minimum Gasteiger partial charge on any atom is -0.478 e. The predicted octanol–water partition coefficient (Wildman–Crippen LogP) is 4.82. The van der Waals surface area contributed by atoms with Crippen LogP contribution in [0, 0.1) is 0 Å². The van der Waals surface area contributed by atoms with Crippen LogP contribution < -0.4 is 4.74 Å². The Hall–Kier alpha value is -3.60. The molecule has 0 aromatic heterocycles. The van der Waals surface area contributed by atoms with Gasteiger partial charge >= 0.3 is 11.9 Å². The molecule has 0 radical (unpaired) electrons. The van der Waals surface area contributed by atoms with Gasteiger partial charge in [-0.15, -0.1) is 0 Å². The summed E-state index contributed by atoms with van der Waals surface area (Å²) in [5.74, 6) is -2.32. The maximum absolute atomic E-state index is 11.5. The highest BCUT2D eigenvalue weighted by molar-refractivity contribution is 6.02. The van der Waals surface area contributed by atoms with Crippen molar-refractivity contribution in [3.8, 4) is 5.75 Å². The number of hydrogen-bond acceptors (Lipinski definition) is 3. The molecule has 142 valence electrons. The summed E-state index contributed by atoms with van der Waals surface area (Å²) in [5, 5.41) is 18.6. The fourth-order valence-electron chi connectivity index (χ4n) is 3.33. The van der Waals surface area contributed by atoms with Crippen LogP contribution in [0.25, 0.3) is 0 Å². The van der Waals surface area contributed by atoms with Gasteiger partial charge in [0.2, 0.25) is 0 Å². The molecule has 3 aromatic carbocycles. The van der Waals surface area contributed by atoms with Crippen LogP contribution >= 0.6 is 0 Å². The van der Waals surface area contributed by atoms with Gasteiger partial charge in [0, 0.05) is 0 Å². The van der Waals surface area contributed by atoms with Gasteiger partial charge in [-0.3, -0.25) is 0 Å². The lowest BCUT2D eigenvalue weighted by Crippen LogP contribution is -2.34. The lowest BCUT2D eigenvalue weighted by molar-refractivity contribution is 0.0649. The quantitative estimate of drug-likeness (QED) is 0.618. The molecule has 0 unspecified atom stereocenters. The number of carboxylic acid groups (broad SMARTS) is 2. The minimum absolute atomic E-state index is 0.277. The molecule has 5 heteroatoms. The molecule has 0 saturated carbocycles. The Labute approximate surface area is 162 Å². The molecule has 28 heavy (non-hydrogen) atoms. The molecular formula is C23H20O5. The van der Waals surface area contributed by atoms with Crippen molar-refractivity contribution in [1.29, 1.82) is 0 Å². The van der Waals surface area contributed by atoms with Crippen LogP contribution in [0.5, 0.6) is 5.75 Å². The number of aromatic carboxylic acids is 2. The third-order valence-corrected chi connectivity index (χ3v) is 4.72. The average molecular weight is 376 g/mol. The zero-order valence-corrected chi connectivity index (χ0v) is 15.3. The highest BCUT2D eigenvalue weighted by atomic mass is 16.5. The van der Waals surface area contributed by atoms with Crippen LogP contribution in [0.1, 0.15) is 45.2 Å². The molecule has 0 aliphatic carbocycles. The molecule has 0 heterocycles. The maximum Gasteiger partial charge on any atom is 0.336 e. The van der Waals surface area contributed by atoms with Crippen molar-refractivity contribution in [2.75, 3.05) is 0 Å². The fourth-order valence-corrected chi connectivity index (χ4v) is 3.33. The number of carbonyl (C=O) groups is 2. The van der Waals surface area contributed by atoms with E-state index in [0.717, 1.165) is 11.1 Å². The van der Waals surface area contributed by atoms with Crippen molar-refractivity contribution in [3.63, 3.8) is 0 Å². The van der Waals surface area contributed by atoms with Crippen LogP contribution in [0.4, 0.5) is 0 Å². The molecule has 3 aromatic rings. The second kappa shape index (κ2) is 7.96. The lowest BCUT2D eigenvalue weighted by Gasteiger charge is -2.35. The molecule has 0 spiro atoms. The second-order valence-corrected chi connectivity index (χ2v) is 6.33. The van der Waals surface area contributed by atoms with Gasteiger partial charge < -0.3 is 14.9 Å². The summed E-state index contributed by atoms with van der Waals surface area (Å²) in [6, 6.07) is 23.4. The van der Waals surface area contributed by atoms with Gasteiger partial charge in [-0.1, -0.05) is 67.6 Å². The van der Waals surface area contributed by atoms with E-state index < -0.39 is 17.5 Å². The van der Waals surface area contributed by atoms with Crippen molar-refractivity contribution in [3.05, 3.63) is 101 Å². The topological polar surface area (TPSA) is 83.8 Å². The average Bonchev–Trinajstić information content (AvgIpc) is 2.73. The van der Waals surface area contributed by atoms with Gasteiger partial charge in [0.05, 0.1) is 11.1 Å². The molecule has 2 N–H and O–H groups in total. The molecule has 0 fully saturated rings. The van der Waals surface area contributed by atoms with Crippen LogP contribution in [-0.4, -0.2) is 22.2 Å². The van der Waals surface area contributed by atoms with Crippen LogP contribution in [0.2, 0.25) is 0 Å². The van der Waals surface area contributed by atoms with E-state index in [9.17, 15) is 19.8 Å². The SMILES string of the molecule is CCC(Oc1ccc(C(=O)O)c(C(=O)O)c1)(c1ccccc1)c1ccccc1. The van der Waals surface area contributed by atoms with E-state index in [1.54, 1.807) is 0 Å². The number of benzene rings is 3. The number of carboxylic acids is 2. The zero-order chi connectivity index (χ0) is 20.1. The van der Waals surface area contributed by atoms with Crippen LogP contribution in [0.3, 0.4) is 0 Å². The van der Waals surface area contributed by atoms with E-state index in [4.69, 9.17) is 4.74 Å². The highest BCUT2D eigenvalue weighted by Crippen LogP contribution is 2.38. The summed E-state index contributed by atoms with van der Waals surface area (Å²) < 4.78 is 6.39. The molecule has 0 saturated heterocycles. The van der Waals surface area contributed by atoms with Crippen molar-refractivity contribution >= 4 is 11.9 Å². The van der Waals surface area contributed by atoms with Crippen LogP contribution in [0.15, 0.2) is 78.9 Å². The van der Waals surface area contributed by atoms with E-state index >= 15 is 0 Å². The first-order valence-corrected chi connectivity index (χ1v) is 8.88. The van der Waals surface area contributed by atoms with Crippen molar-refractivity contribution in [1.82, 2.24) is 0 Å². The van der Waals surface area contributed by atoms with Crippen molar-refractivity contribution in [2.24, 2.45) is 0 Å². The summed E-state index contributed by atoms with van der Waals surface area (Å²) >= 11 is 0. The predicted molar refractivity (Wildman–Crippen MR) is 105 cm³/mol. The van der Waals surface area contributed by atoms with Gasteiger partial charge in [-0.05, 0) is 35.7 Å². The Balaban J connectivity index is 2.15. The molecule has 0 atom stereocenters. The smallest absolute Gasteiger partial charge is 0.336 e. The maximum atomic E-state index is 11.5. The standard InChI is InChI=1S/C23H20O5/c1-2-23(16-9-5-3-6-10-16,17-11-7-4-8-12-17)28-18-13-14-19(21(24)25)20(15-18)22(26)27/h3-15H,2H2,1H3,(H,24,25)(H,26,27). The van der Waals surface area contributed by atoms with Crippen molar-refractivity contribution in [2.45, 2.75) is 18.9 Å². The molecule has 5 nitrogen and oxygen atoms in total. The summed E-state index contributed by atoms with van der Waals surface area (Å²) in [6.07, 6.45) is 0.587. The van der Waals surface area contributed by atoms with E-state index in [-0.39, 0.29) is 16.9 Å². The fraction of sp³-hybridized carbons (Fsp3) is 0.130. The van der Waals surface area contributed by atoms with Crippen molar-refractivity contribution < 1.29 is 24.5 Å². The summed E-state index contributed by atoms with van der Waals surface area (Å²) in [5.41, 5.74) is 0.409. The van der Waals surface area contributed by atoms with Gasteiger partial charge in [0.25, 0.3) is 0 Å². The molecule has 0 aliphatic heterocycles. The van der Waals surface area contributed by atoms with E-state index in [0.29, 0.717) is 6.42 Å². The Morgan fingerprint density at radius 3 is 1.71 bits per heavy atom. The first kappa shape index (κ1) is 19.2. The largest absolute Gasteiger partial charge is 0.478 e. The second-order valence-electron chi connectivity index (χ2n) is 6.33. The Kier molecular flexibility index (Phi) is 5.45. The molecule has 0 bridgehead atoms. The Morgan fingerprint density at radius 1 is 0.786 bits per heavy atom. The number of ether oxygens (including phenoxy) is 1. The molecule has 0 amide bonds. The normalized spacial score (nSPS) is 11.0. The van der Waals surface area contributed by atoms with E-state index in [1.807, 2.05) is 67.6 Å². The first-order chi connectivity index (χ1) is 13.5. The van der Waals surface area contributed by atoms with Crippen LogP contribution in [-0.2, 0) is 5.60 Å². The third-order valence-electron chi connectivity index (χ3n) is 4.72. The van der Waals surface area contributed by atoms with Gasteiger partial charge in [0.1, 0.15) is 5.75 Å². The Bertz CT molecular complexity index is 941. The van der Waals surface area contributed by atoms with Gasteiger partial charge in [-0.2, -0.15) is 0 Å². The lowest BCUT2D eigenvalue weighted by atomic mass is 9.83. The number of rotatable bonds is 7. The minimum atomic E-state index is -1.32. The third kappa shape index (κ3) is 3.60. The zero-order valence-electron chi connectivity index (χ0n) is 15.3. The summed E-state index contributed by atoms with van der Waals surface area (Å²) in [7, 11) is 0. The van der Waals surface area contributed by atoms with Gasteiger partial charge in [0.15, 0.2) is 5.60 Å². The Morgan fingerprint density at radius 2 is 1.29 bits per heavy atom. The summed E-state index contributed by atoms with van der Waals surface area (Å²) in [4.78, 5) is 22.9. The van der Waals surface area contributed by atoms with E-state index in [2.05, 4.69) is 0 Å². The van der Waals surface area contributed by atoms with Gasteiger partial charge in [-0.25, -0.2) is 9.59 Å². The van der Waals surface area contributed by atoms with E-state index in [1.165, 1.54) is 18.2 Å². The highest BCUT2D eigenvalue weighted by Gasteiger charge is 2.35. The first-order valence-electron chi connectivity index (χ1n) is 8.88. The number of hydrogen-bond donors (Lipinski definition) is 2. The molecule has 3 rings (SSSR count). The monoisotopic (exact) mass is 376 g/mol. The molecule has 0 aliphatic rings. The molecular weight excluding hydrogens is 356 g/mol. The summed E-state index contributed by atoms with van der Waals surface area (Å²) in [6.45, 7) is 1.99.